The minimum atomic E-state index is -3.37. The Morgan fingerprint density at radius 3 is 2.76 bits per heavy atom. The molecule has 0 unspecified atom stereocenters. The summed E-state index contributed by atoms with van der Waals surface area (Å²) in [6.45, 7) is 8.46. The highest BCUT2D eigenvalue weighted by Crippen LogP contribution is 2.49. The zero-order valence-electron chi connectivity index (χ0n) is 19.5. The van der Waals surface area contributed by atoms with Gasteiger partial charge in [-0.05, 0) is 27.7 Å². The Kier molecular flexibility index (Phi) is 8.32. The summed E-state index contributed by atoms with van der Waals surface area (Å²) in [5.74, 6) is -0.300. The van der Waals surface area contributed by atoms with E-state index in [4.69, 9.17) is 47.7 Å². The number of nitrogens with two attached hydrogens (primary N) is 1. The number of hydrogen-bond donors (Lipinski definition) is 2. The van der Waals surface area contributed by atoms with Gasteiger partial charge in [-0.2, -0.15) is 9.97 Å². The predicted octanol–water partition coefficient (Wildman–Crippen LogP) is 3.04. The highest BCUT2D eigenvalue weighted by atomic mass is 35.5. The van der Waals surface area contributed by atoms with E-state index in [1.165, 1.54) is 13.0 Å². The Morgan fingerprint density at radius 2 is 2.12 bits per heavy atom. The van der Waals surface area contributed by atoms with Gasteiger partial charge in [-0.1, -0.05) is 23.2 Å². The van der Waals surface area contributed by atoms with Crippen LogP contribution >= 0.6 is 30.7 Å². The molecule has 190 valence electrons. The highest BCUT2D eigenvalue weighted by Gasteiger charge is 2.48. The van der Waals surface area contributed by atoms with Crippen LogP contribution in [0.15, 0.2) is 6.33 Å². The van der Waals surface area contributed by atoms with Gasteiger partial charge < -0.3 is 24.5 Å². The summed E-state index contributed by atoms with van der Waals surface area (Å²) in [6.07, 6.45) is -0.144. The van der Waals surface area contributed by atoms with Crippen molar-refractivity contribution >= 4 is 53.8 Å². The van der Waals surface area contributed by atoms with E-state index in [2.05, 4.69) is 20.0 Å². The van der Waals surface area contributed by atoms with Crippen LogP contribution in [0.1, 0.15) is 40.3 Å². The van der Waals surface area contributed by atoms with E-state index >= 15 is 0 Å². The summed E-state index contributed by atoms with van der Waals surface area (Å²) in [5, 5.41) is 2.67. The summed E-state index contributed by atoms with van der Waals surface area (Å²) in [5.41, 5.74) is 6.54. The summed E-state index contributed by atoms with van der Waals surface area (Å²) >= 11 is 13.1. The van der Waals surface area contributed by atoms with Crippen LogP contribution in [0.2, 0.25) is 0 Å². The molecule has 1 saturated heterocycles. The smallest absolute Gasteiger partial charge is 0.323 e. The lowest BCUT2D eigenvalue weighted by Gasteiger charge is -2.22. The molecule has 0 radical (unpaired) electrons. The van der Waals surface area contributed by atoms with E-state index in [0.717, 1.165) is 0 Å². The lowest BCUT2D eigenvalue weighted by atomic mass is 10.2. The lowest BCUT2D eigenvalue weighted by Crippen LogP contribution is -2.35. The van der Waals surface area contributed by atoms with Crippen molar-refractivity contribution in [2.24, 2.45) is 0 Å². The third-order valence-corrected chi connectivity index (χ3v) is 6.94. The molecule has 1 aliphatic rings. The van der Waals surface area contributed by atoms with Gasteiger partial charge >= 0.3 is 5.97 Å². The molecule has 0 amide bonds. The number of nitrogen functional groups attached to an aromatic ring is 1. The van der Waals surface area contributed by atoms with Crippen LogP contribution in [-0.2, 0) is 23.4 Å². The molecule has 3 N–H and O–H groups in total. The van der Waals surface area contributed by atoms with Gasteiger partial charge in [0.15, 0.2) is 21.7 Å². The maximum atomic E-state index is 12.8. The fourth-order valence-corrected chi connectivity index (χ4v) is 5.41. The first-order chi connectivity index (χ1) is 15.8. The van der Waals surface area contributed by atoms with E-state index in [-0.39, 0.29) is 31.0 Å². The number of hydrogen-bond acceptors (Lipinski definition) is 10. The van der Waals surface area contributed by atoms with Crippen molar-refractivity contribution in [1.29, 1.82) is 0 Å². The molecular formula is C19H29Cl2N6O6P. The lowest BCUT2D eigenvalue weighted by molar-refractivity contribution is -0.149. The Morgan fingerprint density at radius 1 is 1.41 bits per heavy atom. The van der Waals surface area contributed by atoms with Gasteiger partial charge in [0, 0.05) is 13.1 Å². The number of aromatic nitrogens is 4. The molecule has 12 nitrogen and oxygen atoms in total. The first kappa shape index (κ1) is 26.9. The van der Waals surface area contributed by atoms with E-state index in [1.807, 2.05) is 6.92 Å². The van der Waals surface area contributed by atoms with Gasteiger partial charge in [0.2, 0.25) is 11.8 Å². The van der Waals surface area contributed by atoms with Crippen LogP contribution in [0.4, 0.5) is 5.95 Å². The monoisotopic (exact) mass is 538 g/mol. The van der Waals surface area contributed by atoms with Gasteiger partial charge in [0.1, 0.15) is 6.04 Å². The first-order valence-corrected chi connectivity index (χ1v) is 13.5. The van der Waals surface area contributed by atoms with E-state index in [0.29, 0.717) is 17.8 Å². The molecule has 3 heterocycles. The number of nitrogens with one attached hydrogen (secondary N) is 1. The third-order valence-electron chi connectivity index (χ3n) is 4.76. The zero-order valence-corrected chi connectivity index (χ0v) is 21.9. The molecule has 0 aromatic carbocycles. The quantitative estimate of drug-likeness (QED) is 0.260. The molecule has 0 spiro atoms. The minimum Gasteiger partial charge on any atom is -0.476 e. The van der Waals surface area contributed by atoms with Crippen LogP contribution in [-0.4, -0.2) is 68.0 Å². The molecule has 2 aromatic heterocycles. The fraction of sp³-hybridized carbons (Fsp3) is 0.684. The number of halogens is 2. The van der Waals surface area contributed by atoms with Gasteiger partial charge in [0.25, 0.3) is 7.52 Å². The summed E-state index contributed by atoms with van der Waals surface area (Å²) in [7, 11) is -3.37. The maximum absolute atomic E-state index is 12.8. The van der Waals surface area contributed by atoms with Crippen LogP contribution in [0.5, 0.6) is 5.88 Å². The molecule has 1 aliphatic heterocycles. The number of ether oxygens (including phenoxy) is 3. The number of esters is 1. The van der Waals surface area contributed by atoms with E-state index in [9.17, 15) is 9.36 Å². The number of anilines is 1. The second-order valence-corrected chi connectivity index (χ2v) is 11.9. The molecular weight excluding hydrogens is 510 g/mol. The van der Waals surface area contributed by atoms with Crippen LogP contribution < -0.4 is 15.6 Å². The molecule has 1 fully saturated rings. The topological polar surface area (TPSA) is 153 Å². The fourth-order valence-electron chi connectivity index (χ4n) is 3.42. The SMILES string of the molecule is CCOc1nc(N)nc2c1ncn2[C@@H]1O[C@H](CO[P@](C)(=O)N[C@H](C)C(=O)OC(C)C)CC1(Cl)Cl. The van der Waals surface area contributed by atoms with Crippen molar-refractivity contribution in [3.05, 3.63) is 6.33 Å². The van der Waals surface area contributed by atoms with Crippen molar-refractivity contribution in [3.8, 4) is 5.88 Å². The molecule has 0 bridgehead atoms. The van der Waals surface area contributed by atoms with Gasteiger partial charge in [-0.3, -0.25) is 13.9 Å². The number of nitrogens with zero attached hydrogens (tertiary/aromatic N) is 4. The molecule has 4 atom stereocenters. The number of fused-ring (bicyclic) bond motifs is 1. The molecule has 0 aliphatic carbocycles. The average molecular weight is 539 g/mol. The molecule has 0 saturated carbocycles. The Labute approximate surface area is 207 Å². The number of imidazole rings is 1. The van der Waals surface area contributed by atoms with Crippen molar-refractivity contribution in [2.45, 2.75) is 62.9 Å². The van der Waals surface area contributed by atoms with Crippen LogP contribution in [0.25, 0.3) is 11.2 Å². The van der Waals surface area contributed by atoms with E-state index < -0.39 is 36.2 Å². The number of carbonyl (C=O) groups excluding carboxylic acids is 1. The van der Waals surface area contributed by atoms with Crippen molar-refractivity contribution < 1.29 is 28.1 Å². The molecule has 3 rings (SSSR count). The van der Waals surface area contributed by atoms with Crippen molar-refractivity contribution in [2.75, 3.05) is 25.6 Å². The molecule has 2 aromatic rings. The predicted molar refractivity (Wildman–Crippen MR) is 127 cm³/mol. The summed E-state index contributed by atoms with van der Waals surface area (Å²) in [6, 6.07) is -0.822. The Balaban J connectivity index is 1.70. The third kappa shape index (κ3) is 6.30. The summed E-state index contributed by atoms with van der Waals surface area (Å²) < 4.78 is 35.2. The zero-order chi connectivity index (χ0) is 25.3. The number of rotatable bonds is 10. The molecule has 15 heteroatoms. The highest BCUT2D eigenvalue weighted by molar-refractivity contribution is 7.56. The number of alkyl halides is 2. The molecule has 34 heavy (non-hydrogen) atoms. The van der Waals surface area contributed by atoms with Crippen LogP contribution in [0.3, 0.4) is 0 Å². The van der Waals surface area contributed by atoms with Gasteiger partial charge in [0.05, 0.1) is 31.7 Å². The maximum Gasteiger partial charge on any atom is 0.323 e. The van der Waals surface area contributed by atoms with Crippen molar-refractivity contribution in [1.82, 2.24) is 24.6 Å². The first-order valence-electron chi connectivity index (χ1n) is 10.7. The minimum absolute atomic E-state index is 0.00608. The standard InChI is InChI=1S/C19H29Cl2N6O6P/c1-6-30-15-13-14(24-18(22)25-15)27(9-23-13)17-19(20,21)7-12(33-17)8-31-34(5,29)26-11(4)16(28)32-10(2)3/h9-12,17H,6-8H2,1-5H3,(H,26,29)(H2,22,24,25)/t11-,12+,17-,34+/m1/s1. The average Bonchev–Trinajstić information content (AvgIpc) is 3.25. The van der Waals surface area contributed by atoms with Crippen LogP contribution in [0, 0.1) is 0 Å². The van der Waals surface area contributed by atoms with Gasteiger partial charge in [-0.25, -0.2) is 10.1 Å². The second kappa shape index (κ2) is 10.5. The Hall–Kier alpha value is -1.69. The normalized spacial score (nSPS) is 22.6. The second-order valence-electron chi connectivity index (χ2n) is 8.20. The van der Waals surface area contributed by atoms with E-state index in [1.54, 1.807) is 25.3 Å². The number of carbonyl (C=O) groups is 1. The largest absolute Gasteiger partial charge is 0.476 e. The van der Waals surface area contributed by atoms with Crippen molar-refractivity contribution in [3.63, 3.8) is 0 Å². The van der Waals surface area contributed by atoms with Gasteiger partial charge in [-0.15, -0.1) is 0 Å². The summed E-state index contributed by atoms with van der Waals surface area (Å²) in [4.78, 5) is 24.6. The Bertz CT molecular complexity index is 1080.